The summed E-state index contributed by atoms with van der Waals surface area (Å²) in [4.78, 5) is 8.78. The first-order chi connectivity index (χ1) is 8.76. The summed E-state index contributed by atoms with van der Waals surface area (Å²) in [7, 11) is 1.69. The van der Waals surface area contributed by atoms with Crippen LogP contribution in [-0.4, -0.2) is 36.8 Å². The fourth-order valence-electron chi connectivity index (χ4n) is 1.59. The molecule has 0 saturated carbocycles. The summed E-state index contributed by atoms with van der Waals surface area (Å²) in [6, 6.07) is 1.94. The van der Waals surface area contributed by atoms with Crippen molar-refractivity contribution in [3.8, 4) is 0 Å². The number of nitrogens with zero attached hydrogens (tertiary/aromatic N) is 2. The predicted octanol–water partition coefficient (Wildman–Crippen LogP) is 2.45. The van der Waals surface area contributed by atoms with Crippen LogP contribution < -0.4 is 10.6 Å². The number of methoxy groups -OCH3 is 1. The largest absolute Gasteiger partial charge is 0.383 e. The van der Waals surface area contributed by atoms with Gasteiger partial charge in [-0.25, -0.2) is 4.98 Å². The molecule has 0 spiro atoms. The van der Waals surface area contributed by atoms with Crippen LogP contribution in [0.2, 0.25) is 0 Å². The number of rotatable bonds is 9. The van der Waals surface area contributed by atoms with Gasteiger partial charge in [0.1, 0.15) is 5.82 Å². The zero-order valence-electron chi connectivity index (χ0n) is 11.6. The second-order valence-electron chi connectivity index (χ2n) is 4.27. The lowest BCUT2D eigenvalue weighted by atomic mass is 10.2. The molecule has 1 aromatic rings. The van der Waals surface area contributed by atoms with Gasteiger partial charge in [-0.2, -0.15) is 4.98 Å². The second kappa shape index (κ2) is 8.69. The molecule has 0 amide bonds. The minimum Gasteiger partial charge on any atom is -0.383 e. The van der Waals surface area contributed by atoms with E-state index in [1.165, 1.54) is 12.8 Å². The molecule has 0 atom stereocenters. The van der Waals surface area contributed by atoms with Crippen LogP contribution >= 0.6 is 0 Å². The Morgan fingerprint density at radius 1 is 1.17 bits per heavy atom. The predicted molar refractivity (Wildman–Crippen MR) is 75.1 cm³/mol. The maximum absolute atomic E-state index is 4.99. The Kier molecular flexibility index (Phi) is 7.10. The lowest BCUT2D eigenvalue weighted by Gasteiger charge is -2.09. The third kappa shape index (κ3) is 5.82. The molecule has 2 N–H and O–H groups in total. The van der Waals surface area contributed by atoms with Gasteiger partial charge in [0, 0.05) is 32.0 Å². The number of hydrogen-bond donors (Lipinski definition) is 2. The Bertz CT molecular complexity index is 344. The number of aromatic nitrogens is 2. The van der Waals surface area contributed by atoms with Crippen LogP contribution in [0, 0.1) is 6.92 Å². The van der Waals surface area contributed by atoms with E-state index in [9.17, 15) is 0 Å². The topological polar surface area (TPSA) is 59.1 Å². The van der Waals surface area contributed by atoms with Crippen molar-refractivity contribution >= 4 is 11.8 Å². The van der Waals surface area contributed by atoms with Crippen LogP contribution in [0.15, 0.2) is 6.07 Å². The smallest absolute Gasteiger partial charge is 0.224 e. The highest BCUT2D eigenvalue weighted by atomic mass is 16.5. The molecule has 18 heavy (non-hydrogen) atoms. The van der Waals surface area contributed by atoms with Crippen LogP contribution in [0.25, 0.3) is 0 Å². The molecule has 1 aromatic heterocycles. The van der Waals surface area contributed by atoms with Gasteiger partial charge < -0.3 is 15.4 Å². The Morgan fingerprint density at radius 2 is 2.00 bits per heavy atom. The monoisotopic (exact) mass is 252 g/mol. The highest BCUT2D eigenvalue weighted by Gasteiger charge is 2.01. The summed E-state index contributed by atoms with van der Waals surface area (Å²) >= 11 is 0. The lowest BCUT2D eigenvalue weighted by molar-refractivity contribution is 0.210. The first-order valence-corrected chi connectivity index (χ1v) is 6.58. The molecule has 0 bridgehead atoms. The molecular weight excluding hydrogens is 228 g/mol. The molecular formula is C13H24N4O. The first-order valence-electron chi connectivity index (χ1n) is 6.58. The maximum Gasteiger partial charge on any atom is 0.224 e. The molecule has 0 aromatic carbocycles. The van der Waals surface area contributed by atoms with Gasteiger partial charge in [-0.1, -0.05) is 19.8 Å². The molecule has 0 aliphatic carbocycles. The second-order valence-corrected chi connectivity index (χ2v) is 4.27. The highest BCUT2D eigenvalue weighted by Crippen LogP contribution is 2.09. The quantitative estimate of drug-likeness (QED) is 0.661. The van der Waals surface area contributed by atoms with Crippen LogP contribution in [0.5, 0.6) is 0 Å². The van der Waals surface area contributed by atoms with Gasteiger partial charge in [0.2, 0.25) is 5.95 Å². The summed E-state index contributed by atoms with van der Waals surface area (Å²) in [5, 5.41) is 6.47. The summed E-state index contributed by atoms with van der Waals surface area (Å²) in [5.74, 6) is 1.54. The van der Waals surface area contributed by atoms with Gasteiger partial charge in [-0.15, -0.1) is 0 Å². The molecule has 0 aliphatic rings. The Labute approximate surface area is 109 Å². The fraction of sp³-hybridized carbons (Fsp3) is 0.692. The minimum absolute atomic E-state index is 0.669. The third-order valence-corrected chi connectivity index (χ3v) is 2.53. The Balaban J connectivity index is 2.46. The maximum atomic E-state index is 4.99. The summed E-state index contributed by atoms with van der Waals surface area (Å²) in [5.41, 5.74) is 0.961. The van der Waals surface area contributed by atoms with Crippen LogP contribution in [0.1, 0.15) is 31.9 Å². The molecule has 0 fully saturated rings. The van der Waals surface area contributed by atoms with E-state index < -0.39 is 0 Å². The Morgan fingerprint density at radius 3 is 2.72 bits per heavy atom. The third-order valence-electron chi connectivity index (χ3n) is 2.53. The van der Waals surface area contributed by atoms with E-state index in [0.29, 0.717) is 12.6 Å². The number of ether oxygens (including phenoxy) is 1. The van der Waals surface area contributed by atoms with Crippen molar-refractivity contribution in [1.82, 2.24) is 9.97 Å². The van der Waals surface area contributed by atoms with Crippen LogP contribution in [0.4, 0.5) is 11.8 Å². The molecule has 0 aliphatic heterocycles. The van der Waals surface area contributed by atoms with E-state index in [1.54, 1.807) is 7.11 Å². The van der Waals surface area contributed by atoms with Gasteiger partial charge in [0.05, 0.1) is 6.61 Å². The number of aryl methyl sites for hydroxylation is 1. The SMILES string of the molecule is CCCCCNc1nc(C)cc(NCCOC)n1. The number of unbranched alkanes of at least 4 members (excludes halogenated alkanes) is 2. The zero-order chi connectivity index (χ0) is 13.2. The molecule has 1 rings (SSSR count). The van der Waals surface area contributed by atoms with Crippen molar-refractivity contribution in [2.24, 2.45) is 0 Å². The van der Waals surface area contributed by atoms with Gasteiger partial charge in [-0.05, 0) is 13.3 Å². The normalized spacial score (nSPS) is 10.4. The van der Waals surface area contributed by atoms with E-state index in [1.807, 2.05) is 13.0 Å². The van der Waals surface area contributed by atoms with Gasteiger partial charge >= 0.3 is 0 Å². The number of hydrogen-bond acceptors (Lipinski definition) is 5. The zero-order valence-corrected chi connectivity index (χ0v) is 11.6. The van der Waals surface area contributed by atoms with Gasteiger partial charge in [0.15, 0.2) is 0 Å². The van der Waals surface area contributed by atoms with Crippen molar-refractivity contribution in [3.63, 3.8) is 0 Å². The highest BCUT2D eigenvalue weighted by molar-refractivity contribution is 5.42. The van der Waals surface area contributed by atoms with Gasteiger partial charge in [0.25, 0.3) is 0 Å². The van der Waals surface area contributed by atoms with Crippen molar-refractivity contribution in [2.75, 3.05) is 37.4 Å². The van der Waals surface area contributed by atoms with E-state index >= 15 is 0 Å². The standard InChI is InChI=1S/C13H24N4O/c1-4-5-6-7-15-13-16-11(2)10-12(17-13)14-8-9-18-3/h10H,4-9H2,1-3H3,(H2,14,15,16,17). The molecule has 5 nitrogen and oxygen atoms in total. The molecule has 0 unspecified atom stereocenters. The number of nitrogens with one attached hydrogen (secondary N) is 2. The van der Waals surface area contributed by atoms with E-state index in [2.05, 4.69) is 27.5 Å². The molecule has 102 valence electrons. The van der Waals surface area contributed by atoms with Crippen LogP contribution in [-0.2, 0) is 4.74 Å². The summed E-state index contributed by atoms with van der Waals surface area (Å²) in [6.45, 7) is 6.51. The van der Waals surface area contributed by atoms with Gasteiger partial charge in [-0.3, -0.25) is 0 Å². The van der Waals surface area contributed by atoms with Crippen molar-refractivity contribution in [2.45, 2.75) is 33.1 Å². The van der Waals surface area contributed by atoms with E-state index in [-0.39, 0.29) is 0 Å². The molecule has 1 heterocycles. The average molecular weight is 252 g/mol. The number of anilines is 2. The van der Waals surface area contributed by atoms with E-state index in [0.717, 1.165) is 31.0 Å². The summed E-state index contributed by atoms with van der Waals surface area (Å²) < 4.78 is 4.99. The van der Waals surface area contributed by atoms with Crippen molar-refractivity contribution in [3.05, 3.63) is 11.8 Å². The molecule has 5 heteroatoms. The van der Waals surface area contributed by atoms with Crippen molar-refractivity contribution < 1.29 is 4.74 Å². The van der Waals surface area contributed by atoms with Crippen molar-refractivity contribution in [1.29, 1.82) is 0 Å². The summed E-state index contributed by atoms with van der Waals surface area (Å²) in [6.07, 6.45) is 3.61. The lowest BCUT2D eigenvalue weighted by Crippen LogP contribution is -2.12. The van der Waals surface area contributed by atoms with Crippen LogP contribution in [0.3, 0.4) is 0 Å². The Hall–Kier alpha value is -1.36. The first kappa shape index (κ1) is 14.7. The average Bonchev–Trinajstić information content (AvgIpc) is 2.34. The fourth-order valence-corrected chi connectivity index (χ4v) is 1.59. The van der Waals surface area contributed by atoms with E-state index in [4.69, 9.17) is 4.74 Å². The minimum atomic E-state index is 0.669. The molecule has 0 radical (unpaired) electrons. The molecule has 0 saturated heterocycles.